The summed E-state index contributed by atoms with van der Waals surface area (Å²) in [7, 11) is 0. The van der Waals surface area contributed by atoms with E-state index in [2.05, 4.69) is 58.0 Å². The lowest BCUT2D eigenvalue weighted by molar-refractivity contribution is -1.02. The fraction of sp³-hybridized carbons (Fsp3) is 0.261. The van der Waals surface area contributed by atoms with Gasteiger partial charge in [-0.05, 0) is 33.3 Å². The lowest BCUT2D eigenvalue weighted by Crippen LogP contribution is -3.27. The van der Waals surface area contributed by atoms with Crippen molar-refractivity contribution in [2.75, 3.05) is 26.2 Å². The van der Waals surface area contributed by atoms with E-state index in [0.717, 1.165) is 37.7 Å². The normalized spacial score (nSPS) is 19.4. The molecule has 0 saturated carbocycles. The van der Waals surface area contributed by atoms with E-state index in [-0.39, 0.29) is 0 Å². The van der Waals surface area contributed by atoms with Gasteiger partial charge >= 0.3 is 0 Å². The van der Waals surface area contributed by atoms with Crippen LogP contribution < -0.4 is 9.80 Å². The quantitative estimate of drug-likeness (QED) is 0.519. The van der Waals surface area contributed by atoms with Crippen LogP contribution in [-0.2, 0) is 13.1 Å². The van der Waals surface area contributed by atoms with Crippen LogP contribution in [0.1, 0.15) is 11.4 Å². The molecule has 1 fully saturated rings. The van der Waals surface area contributed by atoms with E-state index >= 15 is 0 Å². The van der Waals surface area contributed by atoms with Crippen LogP contribution in [0.4, 0.5) is 0 Å². The van der Waals surface area contributed by atoms with Crippen molar-refractivity contribution < 1.29 is 9.80 Å². The highest BCUT2D eigenvalue weighted by molar-refractivity contribution is 5.85. The molecule has 5 rings (SSSR count). The first-order chi connectivity index (χ1) is 14.4. The molecule has 0 aliphatic carbocycles. The van der Waals surface area contributed by atoms with Crippen molar-refractivity contribution in [1.82, 2.24) is 20.2 Å². The summed E-state index contributed by atoms with van der Waals surface area (Å²) < 4.78 is 1.86. The largest absolute Gasteiger partial charge is 0.322 e. The number of fused-ring (bicyclic) bond motifs is 1. The van der Waals surface area contributed by atoms with Crippen molar-refractivity contribution in [1.29, 1.82) is 0 Å². The summed E-state index contributed by atoms with van der Waals surface area (Å²) in [6, 6.07) is 25.5. The molecule has 6 heteroatoms. The zero-order valence-corrected chi connectivity index (χ0v) is 16.5. The summed E-state index contributed by atoms with van der Waals surface area (Å²) in [6.45, 7) is 6.58. The van der Waals surface area contributed by atoms with Crippen LogP contribution in [0.3, 0.4) is 0 Å². The molecule has 3 aromatic carbocycles. The lowest BCUT2D eigenvalue weighted by atomic mass is 10.0. The smallest absolute Gasteiger partial charge is 0.210 e. The van der Waals surface area contributed by atoms with Crippen molar-refractivity contribution in [3.05, 3.63) is 84.2 Å². The van der Waals surface area contributed by atoms with Crippen molar-refractivity contribution in [3.63, 3.8) is 0 Å². The highest BCUT2D eigenvalue weighted by Gasteiger charge is 2.25. The maximum atomic E-state index is 4.28. The van der Waals surface area contributed by atoms with E-state index in [9.17, 15) is 0 Å². The van der Waals surface area contributed by atoms with Gasteiger partial charge in [0.15, 0.2) is 0 Å². The Morgan fingerprint density at radius 3 is 2.24 bits per heavy atom. The molecular formula is C23H26N6+2. The summed E-state index contributed by atoms with van der Waals surface area (Å²) >= 11 is 0. The Labute approximate surface area is 170 Å². The number of quaternary nitrogens is 2. The van der Waals surface area contributed by atoms with E-state index in [1.807, 2.05) is 35.0 Å². The predicted octanol–water partition coefficient (Wildman–Crippen LogP) is 0.299. The Morgan fingerprint density at radius 2 is 1.41 bits per heavy atom. The minimum Gasteiger partial charge on any atom is -0.322 e. The molecule has 1 aromatic heterocycles. The molecule has 146 valence electrons. The number of hydrogen-bond acceptors (Lipinski definition) is 3. The van der Waals surface area contributed by atoms with Gasteiger partial charge in [0.25, 0.3) is 0 Å². The molecule has 0 radical (unpaired) electrons. The van der Waals surface area contributed by atoms with Crippen LogP contribution in [-0.4, -0.2) is 46.4 Å². The van der Waals surface area contributed by atoms with E-state index < -0.39 is 0 Å². The SMILES string of the molecule is c1ccc(-n2nnnc2C[NH+]2CC[NH+](Cc3cccc4ccccc34)CC2)cc1. The first-order valence-electron chi connectivity index (χ1n) is 10.3. The summed E-state index contributed by atoms with van der Waals surface area (Å²) in [5.74, 6) is 0.934. The number of nitrogens with zero attached hydrogens (tertiary/aromatic N) is 4. The minimum atomic E-state index is 0.865. The van der Waals surface area contributed by atoms with Gasteiger partial charge in [0.1, 0.15) is 39.3 Å². The van der Waals surface area contributed by atoms with E-state index in [1.165, 1.54) is 29.4 Å². The number of para-hydroxylation sites is 1. The molecule has 1 aliphatic rings. The Hall–Kier alpha value is -3.09. The molecule has 0 amide bonds. The van der Waals surface area contributed by atoms with Gasteiger partial charge in [-0.3, -0.25) is 0 Å². The molecule has 1 aliphatic heterocycles. The van der Waals surface area contributed by atoms with Gasteiger partial charge in [-0.15, -0.1) is 5.10 Å². The number of tetrazole rings is 1. The topological polar surface area (TPSA) is 52.5 Å². The lowest BCUT2D eigenvalue weighted by Gasteiger charge is -2.29. The molecule has 4 aromatic rings. The molecule has 1 saturated heterocycles. The number of hydrogen-bond donors (Lipinski definition) is 2. The van der Waals surface area contributed by atoms with Crippen LogP contribution in [0, 0.1) is 0 Å². The first kappa shape index (κ1) is 18.0. The van der Waals surface area contributed by atoms with E-state index in [1.54, 1.807) is 9.80 Å². The van der Waals surface area contributed by atoms with Crippen molar-refractivity contribution >= 4 is 10.8 Å². The Kier molecular flexibility index (Phi) is 5.02. The summed E-state index contributed by atoms with van der Waals surface area (Å²) in [5, 5.41) is 15.1. The van der Waals surface area contributed by atoms with Crippen molar-refractivity contribution in [3.8, 4) is 5.69 Å². The molecule has 0 bridgehead atoms. The molecule has 0 atom stereocenters. The average molecular weight is 387 g/mol. The van der Waals surface area contributed by atoms with Gasteiger partial charge in [0.2, 0.25) is 5.82 Å². The number of rotatable bonds is 5. The van der Waals surface area contributed by atoms with E-state index in [0.29, 0.717) is 0 Å². The molecule has 29 heavy (non-hydrogen) atoms. The van der Waals surface area contributed by atoms with Gasteiger partial charge in [0.05, 0.1) is 5.69 Å². The predicted molar refractivity (Wildman–Crippen MR) is 112 cm³/mol. The molecule has 2 heterocycles. The monoisotopic (exact) mass is 386 g/mol. The van der Waals surface area contributed by atoms with Gasteiger partial charge in [0, 0.05) is 5.56 Å². The fourth-order valence-corrected chi connectivity index (χ4v) is 4.34. The summed E-state index contributed by atoms with van der Waals surface area (Å²) in [5.41, 5.74) is 2.47. The Morgan fingerprint density at radius 1 is 0.724 bits per heavy atom. The first-order valence-corrected chi connectivity index (χ1v) is 10.3. The second-order valence-electron chi connectivity index (χ2n) is 7.83. The highest BCUT2D eigenvalue weighted by atomic mass is 15.5. The second-order valence-corrected chi connectivity index (χ2v) is 7.83. The molecular weight excluding hydrogens is 360 g/mol. The number of piperazine rings is 1. The zero-order valence-electron chi connectivity index (χ0n) is 16.5. The fourth-order valence-electron chi connectivity index (χ4n) is 4.34. The second kappa shape index (κ2) is 8.11. The van der Waals surface area contributed by atoms with E-state index in [4.69, 9.17) is 0 Å². The maximum Gasteiger partial charge on any atom is 0.210 e. The Bertz CT molecular complexity index is 1080. The highest BCUT2D eigenvalue weighted by Crippen LogP contribution is 2.17. The van der Waals surface area contributed by atoms with Crippen LogP contribution in [0.2, 0.25) is 0 Å². The van der Waals surface area contributed by atoms with Crippen LogP contribution in [0.5, 0.6) is 0 Å². The number of aromatic nitrogens is 4. The van der Waals surface area contributed by atoms with Gasteiger partial charge in [-0.2, -0.15) is 4.68 Å². The molecule has 6 nitrogen and oxygen atoms in total. The van der Waals surface area contributed by atoms with Gasteiger partial charge < -0.3 is 9.80 Å². The zero-order chi connectivity index (χ0) is 19.5. The third-order valence-electron chi connectivity index (χ3n) is 5.93. The molecule has 2 N–H and O–H groups in total. The molecule has 0 unspecified atom stereocenters. The minimum absolute atomic E-state index is 0.865. The summed E-state index contributed by atoms with van der Waals surface area (Å²) in [6.07, 6.45) is 0. The van der Waals surface area contributed by atoms with Crippen molar-refractivity contribution in [2.45, 2.75) is 13.1 Å². The van der Waals surface area contributed by atoms with Gasteiger partial charge in [-0.1, -0.05) is 60.7 Å². The van der Waals surface area contributed by atoms with Crippen molar-refractivity contribution in [2.24, 2.45) is 0 Å². The van der Waals surface area contributed by atoms with Crippen LogP contribution in [0.25, 0.3) is 16.5 Å². The molecule has 0 spiro atoms. The summed E-state index contributed by atoms with van der Waals surface area (Å²) in [4.78, 5) is 3.21. The number of nitrogens with one attached hydrogen (secondary N) is 2. The van der Waals surface area contributed by atoms with Gasteiger partial charge in [-0.25, -0.2) is 0 Å². The Balaban J connectivity index is 1.22. The number of benzene rings is 3. The van der Waals surface area contributed by atoms with Crippen LogP contribution in [0.15, 0.2) is 72.8 Å². The van der Waals surface area contributed by atoms with Crippen LogP contribution >= 0.6 is 0 Å². The standard InChI is InChI=1S/C23H24N6/c1-2-10-21(11-3-1)29-23(24-25-26-29)18-28-15-13-27(14-16-28)17-20-9-6-8-19-7-4-5-12-22(19)20/h1-12H,13-18H2/p+2. The maximum absolute atomic E-state index is 4.28. The average Bonchev–Trinajstić information content (AvgIpc) is 3.24. The third kappa shape index (κ3) is 3.90. The third-order valence-corrected chi connectivity index (χ3v) is 5.93.